The summed E-state index contributed by atoms with van der Waals surface area (Å²) < 4.78 is 0. The van der Waals surface area contributed by atoms with Crippen molar-refractivity contribution in [2.75, 3.05) is 11.4 Å². The van der Waals surface area contributed by atoms with Crippen molar-refractivity contribution >= 4 is 11.6 Å². The van der Waals surface area contributed by atoms with E-state index >= 15 is 0 Å². The van der Waals surface area contributed by atoms with Crippen LogP contribution in [0.15, 0.2) is 24.3 Å². The Morgan fingerprint density at radius 3 is 2.53 bits per heavy atom. The fourth-order valence-corrected chi connectivity index (χ4v) is 4.00. The second-order valence-electron chi connectivity index (χ2n) is 5.47. The fourth-order valence-electron chi connectivity index (χ4n) is 4.00. The zero-order chi connectivity index (χ0) is 12.2. The number of likely N-dealkylation sites (N-methyl/N-ethyl adjacent to an activating group) is 1. The van der Waals surface area contributed by atoms with E-state index in [0.717, 1.165) is 18.7 Å². The number of benzene rings is 1. The summed E-state index contributed by atoms with van der Waals surface area (Å²) in [6, 6.07) is 8.32. The third-order valence-electron chi connectivity index (χ3n) is 4.82. The molecule has 2 nitrogen and oxygen atoms in total. The van der Waals surface area contributed by atoms with Crippen LogP contribution in [0.3, 0.4) is 0 Å². The maximum atomic E-state index is 12.7. The molecule has 0 saturated heterocycles. The van der Waals surface area contributed by atoms with E-state index in [1.807, 2.05) is 11.0 Å². The molecule has 1 aromatic carbocycles. The maximum absolute atomic E-state index is 12.7. The van der Waals surface area contributed by atoms with Gasteiger partial charge in [0.25, 0.3) is 0 Å². The molecule has 1 saturated carbocycles. The molecule has 1 aromatic rings. The molecule has 1 fully saturated rings. The SMILES string of the molecule is CCN1C(=O)C2(c3ccccc31)C(C)CC2C. The van der Waals surface area contributed by atoms with Gasteiger partial charge in [-0.05, 0) is 36.8 Å². The van der Waals surface area contributed by atoms with Crippen molar-refractivity contribution in [3.63, 3.8) is 0 Å². The first-order chi connectivity index (χ1) is 8.14. The Bertz CT molecular complexity index is 472. The summed E-state index contributed by atoms with van der Waals surface area (Å²) in [6.07, 6.45) is 1.16. The molecule has 1 amide bonds. The van der Waals surface area contributed by atoms with Gasteiger partial charge in [-0.1, -0.05) is 32.0 Å². The predicted molar refractivity (Wildman–Crippen MR) is 69.1 cm³/mol. The smallest absolute Gasteiger partial charge is 0.238 e. The molecule has 90 valence electrons. The highest BCUT2D eigenvalue weighted by molar-refractivity contribution is 6.09. The van der Waals surface area contributed by atoms with Crippen molar-refractivity contribution in [3.05, 3.63) is 29.8 Å². The highest BCUT2D eigenvalue weighted by atomic mass is 16.2. The van der Waals surface area contributed by atoms with Gasteiger partial charge >= 0.3 is 0 Å². The molecule has 2 atom stereocenters. The van der Waals surface area contributed by atoms with E-state index in [4.69, 9.17) is 0 Å². The molecule has 2 aliphatic rings. The van der Waals surface area contributed by atoms with Gasteiger partial charge in [0.2, 0.25) is 5.91 Å². The second kappa shape index (κ2) is 3.34. The van der Waals surface area contributed by atoms with Crippen molar-refractivity contribution in [2.24, 2.45) is 11.8 Å². The average molecular weight is 229 g/mol. The first-order valence-electron chi connectivity index (χ1n) is 6.55. The van der Waals surface area contributed by atoms with E-state index in [0.29, 0.717) is 17.7 Å². The lowest BCUT2D eigenvalue weighted by molar-refractivity contribution is -0.133. The van der Waals surface area contributed by atoms with Gasteiger partial charge in [-0.2, -0.15) is 0 Å². The summed E-state index contributed by atoms with van der Waals surface area (Å²) in [5.41, 5.74) is 2.18. The third-order valence-corrected chi connectivity index (χ3v) is 4.82. The Kier molecular flexibility index (Phi) is 2.13. The van der Waals surface area contributed by atoms with Crippen LogP contribution in [0.5, 0.6) is 0 Å². The van der Waals surface area contributed by atoms with E-state index in [9.17, 15) is 4.79 Å². The first-order valence-corrected chi connectivity index (χ1v) is 6.55. The quantitative estimate of drug-likeness (QED) is 0.725. The first kappa shape index (κ1) is 10.8. The maximum Gasteiger partial charge on any atom is 0.238 e. The predicted octanol–water partition coefficient (Wildman–Crippen LogP) is 2.97. The van der Waals surface area contributed by atoms with Gasteiger partial charge in [-0.15, -0.1) is 0 Å². The highest BCUT2D eigenvalue weighted by Gasteiger charge is 2.62. The number of carbonyl (C=O) groups is 1. The van der Waals surface area contributed by atoms with Gasteiger partial charge < -0.3 is 4.90 Å². The van der Waals surface area contributed by atoms with Crippen LogP contribution in [0.4, 0.5) is 5.69 Å². The molecule has 1 aliphatic heterocycles. The Morgan fingerprint density at radius 1 is 1.29 bits per heavy atom. The largest absolute Gasteiger partial charge is 0.312 e. The summed E-state index contributed by atoms with van der Waals surface area (Å²) in [5, 5.41) is 0. The van der Waals surface area contributed by atoms with Crippen LogP contribution >= 0.6 is 0 Å². The number of para-hydroxylation sites is 1. The summed E-state index contributed by atoms with van der Waals surface area (Å²) >= 11 is 0. The zero-order valence-electron chi connectivity index (χ0n) is 10.7. The molecule has 0 N–H and O–H groups in total. The number of hydrogen-bond donors (Lipinski definition) is 0. The monoisotopic (exact) mass is 229 g/mol. The molecule has 2 unspecified atom stereocenters. The van der Waals surface area contributed by atoms with E-state index in [1.165, 1.54) is 5.56 Å². The third kappa shape index (κ3) is 1.04. The van der Waals surface area contributed by atoms with Crippen LogP contribution in [0.1, 0.15) is 32.8 Å². The normalized spacial score (nSPS) is 35.0. The molecule has 17 heavy (non-hydrogen) atoms. The lowest BCUT2D eigenvalue weighted by atomic mass is 9.51. The Hall–Kier alpha value is -1.31. The van der Waals surface area contributed by atoms with Crippen molar-refractivity contribution < 1.29 is 4.79 Å². The molecule has 1 aliphatic carbocycles. The number of rotatable bonds is 1. The standard InChI is InChI=1S/C15H19NO/c1-4-16-13-8-6-5-7-12(13)15(14(16)17)10(2)9-11(15)3/h5-8,10-11H,4,9H2,1-3H3. The van der Waals surface area contributed by atoms with Crippen LogP contribution in [0, 0.1) is 11.8 Å². The molecule has 1 spiro atoms. The number of carbonyl (C=O) groups excluding carboxylic acids is 1. The number of nitrogens with zero attached hydrogens (tertiary/aromatic N) is 1. The summed E-state index contributed by atoms with van der Waals surface area (Å²) in [5.74, 6) is 1.28. The van der Waals surface area contributed by atoms with Gasteiger partial charge in [0.15, 0.2) is 0 Å². The lowest BCUT2D eigenvalue weighted by Crippen LogP contribution is -2.56. The van der Waals surface area contributed by atoms with Gasteiger partial charge in [-0.25, -0.2) is 0 Å². The molecule has 0 aromatic heterocycles. The highest BCUT2D eigenvalue weighted by Crippen LogP contribution is 2.59. The molecular weight excluding hydrogens is 210 g/mol. The molecular formula is C15H19NO. The topological polar surface area (TPSA) is 20.3 Å². The lowest BCUT2D eigenvalue weighted by Gasteiger charge is -2.50. The number of fused-ring (bicyclic) bond motifs is 2. The van der Waals surface area contributed by atoms with Crippen molar-refractivity contribution in [2.45, 2.75) is 32.6 Å². The zero-order valence-corrected chi connectivity index (χ0v) is 10.7. The van der Waals surface area contributed by atoms with Crippen molar-refractivity contribution in [1.82, 2.24) is 0 Å². The van der Waals surface area contributed by atoms with Gasteiger partial charge in [0.05, 0.1) is 5.41 Å². The Labute approximate surface area is 103 Å². The van der Waals surface area contributed by atoms with Crippen LogP contribution in [0.2, 0.25) is 0 Å². The van der Waals surface area contributed by atoms with Crippen molar-refractivity contribution in [1.29, 1.82) is 0 Å². The van der Waals surface area contributed by atoms with E-state index in [1.54, 1.807) is 0 Å². The molecule has 0 bridgehead atoms. The molecule has 0 radical (unpaired) electrons. The van der Waals surface area contributed by atoms with Gasteiger partial charge in [-0.3, -0.25) is 4.79 Å². The van der Waals surface area contributed by atoms with E-state index < -0.39 is 0 Å². The molecule has 3 rings (SSSR count). The number of amides is 1. The average Bonchev–Trinajstić information content (AvgIpc) is 2.59. The van der Waals surface area contributed by atoms with Gasteiger partial charge in [0, 0.05) is 12.2 Å². The van der Waals surface area contributed by atoms with Crippen LogP contribution in [-0.4, -0.2) is 12.5 Å². The summed E-state index contributed by atoms with van der Waals surface area (Å²) in [6.45, 7) is 7.26. The summed E-state index contributed by atoms with van der Waals surface area (Å²) in [7, 11) is 0. The van der Waals surface area contributed by atoms with Crippen molar-refractivity contribution in [3.8, 4) is 0 Å². The minimum Gasteiger partial charge on any atom is -0.312 e. The van der Waals surface area contributed by atoms with E-state index in [2.05, 4.69) is 39.0 Å². The Morgan fingerprint density at radius 2 is 1.94 bits per heavy atom. The second-order valence-corrected chi connectivity index (χ2v) is 5.47. The number of anilines is 1. The summed E-state index contributed by atoms with van der Waals surface area (Å²) in [4.78, 5) is 14.7. The van der Waals surface area contributed by atoms with Gasteiger partial charge in [0.1, 0.15) is 0 Å². The molecule has 1 heterocycles. The Balaban J connectivity index is 2.22. The van der Waals surface area contributed by atoms with E-state index in [-0.39, 0.29) is 5.41 Å². The fraction of sp³-hybridized carbons (Fsp3) is 0.533. The number of hydrogen-bond acceptors (Lipinski definition) is 1. The van der Waals surface area contributed by atoms with Crippen LogP contribution < -0.4 is 4.90 Å². The minimum atomic E-state index is -0.216. The minimum absolute atomic E-state index is 0.216. The molecule has 2 heteroatoms. The van der Waals surface area contributed by atoms with Crippen LogP contribution in [-0.2, 0) is 10.2 Å². The van der Waals surface area contributed by atoms with Crippen LogP contribution in [0.25, 0.3) is 0 Å².